The smallest absolute Gasteiger partial charge is 0.337 e. The van der Waals surface area contributed by atoms with Crippen molar-refractivity contribution in [3.63, 3.8) is 0 Å². The number of carbonyl (C=O) groups excluding carboxylic acids is 12. The van der Waals surface area contributed by atoms with E-state index in [2.05, 4.69) is 21.3 Å². The van der Waals surface area contributed by atoms with E-state index in [0.29, 0.717) is 0 Å². The van der Waals surface area contributed by atoms with Crippen LogP contribution in [0.2, 0.25) is 0 Å². The summed E-state index contributed by atoms with van der Waals surface area (Å²) < 4.78 is 88.2. The zero-order valence-electron chi connectivity index (χ0n) is 52.8. The van der Waals surface area contributed by atoms with Crippen LogP contribution in [0.3, 0.4) is 0 Å². The topological polar surface area (TPSA) is 401 Å². The Bertz CT molecular complexity index is 3060. The average Bonchev–Trinajstić information content (AvgIpc) is 1.59. The summed E-state index contributed by atoms with van der Waals surface area (Å²) in [4.78, 5) is 157. The van der Waals surface area contributed by atoms with Crippen molar-refractivity contribution in [2.24, 2.45) is 5.41 Å². The Hall–Kier alpha value is -8.76. The summed E-state index contributed by atoms with van der Waals surface area (Å²) in [5.74, 6) is -9.01. The monoisotopic (exact) mass is 1320 g/mol. The molecule has 0 saturated heterocycles. The molecule has 0 aromatic carbocycles. The number of fused-ring (bicyclic) bond motifs is 8. The Morgan fingerprint density at radius 3 is 1.05 bits per heavy atom. The number of nitrogens with one attached hydrogen (secondary N) is 4. The largest absolute Gasteiger partial charge is 0.466 e. The number of ether oxygens (including phenoxy) is 16. The maximum Gasteiger partial charge on any atom is 0.337 e. The van der Waals surface area contributed by atoms with Gasteiger partial charge in [0.15, 0.2) is 0 Å². The van der Waals surface area contributed by atoms with Crippen LogP contribution in [0.5, 0.6) is 0 Å². The number of amides is 4. The first kappa shape index (κ1) is 71.1. The van der Waals surface area contributed by atoms with Crippen LogP contribution in [0.4, 0.5) is 0 Å². The normalized spacial score (nSPS) is 26.0. The first-order chi connectivity index (χ1) is 45.1. The summed E-state index contributed by atoms with van der Waals surface area (Å²) in [7, 11) is 9.08. The molecule has 0 radical (unpaired) electrons. The van der Waals surface area contributed by atoms with E-state index in [1.54, 1.807) is 30.4 Å². The van der Waals surface area contributed by atoms with Crippen molar-refractivity contribution in [1.82, 2.24) is 21.3 Å². The van der Waals surface area contributed by atoms with Crippen molar-refractivity contribution in [2.45, 2.75) is 85.5 Å². The molecule has 510 valence electrons. The lowest BCUT2D eigenvalue weighted by Gasteiger charge is -2.33. The molecule has 8 rings (SSSR count). The first-order valence-corrected chi connectivity index (χ1v) is 29.6. The van der Waals surface area contributed by atoms with Crippen molar-refractivity contribution < 1.29 is 133 Å². The van der Waals surface area contributed by atoms with Gasteiger partial charge in [-0.25, -0.2) is 38.4 Å². The Morgan fingerprint density at radius 2 is 0.723 bits per heavy atom. The third-order valence-electron chi connectivity index (χ3n) is 16.5. The summed E-state index contributed by atoms with van der Waals surface area (Å²) in [5.41, 5.74) is -6.82. The maximum absolute atomic E-state index is 13.7. The van der Waals surface area contributed by atoms with Crippen LogP contribution in [0.1, 0.15) is 32.1 Å². The van der Waals surface area contributed by atoms with Gasteiger partial charge in [-0.1, -0.05) is 30.4 Å². The fourth-order valence-electron chi connectivity index (χ4n) is 11.9. The highest BCUT2D eigenvalue weighted by atomic mass is 16.6. The van der Waals surface area contributed by atoms with Crippen LogP contribution < -0.4 is 21.3 Å². The van der Waals surface area contributed by atoms with Crippen LogP contribution in [0.15, 0.2) is 93.2 Å². The zero-order valence-corrected chi connectivity index (χ0v) is 52.8. The minimum absolute atomic E-state index is 0.0489. The molecule has 4 N–H and O–H groups in total. The fourth-order valence-corrected chi connectivity index (χ4v) is 11.9. The average molecular weight is 1320 g/mol. The molecule has 0 aliphatic carbocycles. The summed E-state index contributed by atoms with van der Waals surface area (Å²) in [6, 6.07) is -0.854. The van der Waals surface area contributed by atoms with Crippen LogP contribution >= 0.6 is 0 Å². The number of esters is 8. The lowest BCUT2D eigenvalue weighted by atomic mass is 9.86. The predicted molar refractivity (Wildman–Crippen MR) is 312 cm³/mol. The van der Waals surface area contributed by atoms with Gasteiger partial charge in [-0.05, 0) is 18.2 Å². The highest BCUT2D eigenvalue weighted by Gasteiger charge is 2.57. The van der Waals surface area contributed by atoms with Gasteiger partial charge in [-0.15, -0.1) is 0 Å². The van der Waals surface area contributed by atoms with Crippen molar-refractivity contribution in [2.75, 3.05) is 129 Å². The molecule has 8 aliphatic heterocycles. The summed E-state index contributed by atoms with van der Waals surface area (Å²) in [5, 5.41) is 11.0. The molecule has 9 atom stereocenters. The number of hydrogen-bond acceptors (Lipinski definition) is 28. The molecule has 94 heavy (non-hydrogen) atoms. The van der Waals surface area contributed by atoms with Crippen LogP contribution in [-0.2, 0) is 133 Å². The molecular formula is C62H74N4O28. The number of carbonyl (C=O) groups is 12. The Labute approximate surface area is 537 Å². The maximum atomic E-state index is 13.7. The summed E-state index contributed by atoms with van der Waals surface area (Å²) in [6.07, 6.45) is 6.61. The van der Waals surface area contributed by atoms with Gasteiger partial charge in [0.1, 0.15) is 41.2 Å². The van der Waals surface area contributed by atoms with Gasteiger partial charge in [0.25, 0.3) is 0 Å². The highest BCUT2D eigenvalue weighted by Crippen LogP contribution is 2.46. The molecule has 32 nitrogen and oxygen atoms in total. The van der Waals surface area contributed by atoms with Crippen LogP contribution in [0, 0.1) is 5.41 Å². The molecule has 0 saturated carbocycles. The third kappa shape index (κ3) is 15.1. The van der Waals surface area contributed by atoms with E-state index in [1.807, 2.05) is 0 Å². The van der Waals surface area contributed by atoms with E-state index in [1.165, 1.54) is 18.2 Å². The molecule has 8 aliphatic rings. The second-order valence-corrected chi connectivity index (χ2v) is 22.4. The highest BCUT2D eigenvalue weighted by molar-refractivity contribution is 6.07. The third-order valence-corrected chi connectivity index (χ3v) is 16.5. The van der Waals surface area contributed by atoms with Gasteiger partial charge in [0.2, 0.25) is 23.6 Å². The predicted octanol–water partition coefficient (Wildman–Crippen LogP) is -2.15. The second kappa shape index (κ2) is 31.0. The molecule has 4 amide bonds. The first-order valence-electron chi connectivity index (χ1n) is 29.6. The van der Waals surface area contributed by atoms with E-state index in [4.69, 9.17) is 75.8 Å². The van der Waals surface area contributed by atoms with Crippen LogP contribution in [0.25, 0.3) is 0 Å². The summed E-state index contributed by atoms with van der Waals surface area (Å²) >= 11 is 0. The molecule has 0 aromatic rings. The molecule has 0 spiro atoms. The summed E-state index contributed by atoms with van der Waals surface area (Å²) in [6.45, 7) is -3.19. The van der Waals surface area contributed by atoms with Gasteiger partial charge < -0.3 is 97.1 Å². The fraction of sp³-hybridized carbons (Fsp3) is 0.548. The Kier molecular flexibility index (Phi) is 23.4. The van der Waals surface area contributed by atoms with E-state index < -0.39 is 130 Å². The second-order valence-electron chi connectivity index (χ2n) is 22.4. The minimum Gasteiger partial charge on any atom is -0.466 e. The minimum atomic E-state index is -1.56. The van der Waals surface area contributed by atoms with E-state index in [-0.39, 0.29) is 149 Å². The van der Waals surface area contributed by atoms with E-state index in [9.17, 15) is 57.5 Å². The Balaban J connectivity index is 0.966. The molecule has 32 heteroatoms. The van der Waals surface area contributed by atoms with Gasteiger partial charge >= 0.3 is 47.8 Å². The molecular weight excluding hydrogens is 1250 g/mol. The van der Waals surface area contributed by atoms with E-state index >= 15 is 0 Å². The quantitative estimate of drug-likeness (QED) is 0.0227. The van der Waals surface area contributed by atoms with Gasteiger partial charge in [0, 0.05) is 32.1 Å². The molecule has 0 aromatic heterocycles. The lowest BCUT2D eigenvalue weighted by molar-refractivity contribution is -0.140. The molecule has 0 fully saturated rings. The molecule has 8 bridgehead atoms. The van der Waals surface area contributed by atoms with Gasteiger partial charge in [-0.3, -0.25) is 19.2 Å². The van der Waals surface area contributed by atoms with Gasteiger partial charge in [-0.2, -0.15) is 0 Å². The Morgan fingerprint density at radius 1 is 0.404 bits per heavy atom. The molecule has 8 heterocycles. The van der Waals surface area contributed by atoms with Crippen molar-refractivity contribution in [3.8, 4) is 0 Å². The molecule has 9 unspecified atom stereocenters. The number of hydrogen-bond donors (Lipinski definition) is 4. The van der Waals surface area contributed by atoms with Crippen molar-refractivity contribution in [1.29, 1.82) is 0 Å². The van der Waals surface area contributed by atoms with Gasteiger partial charge in [0.05, 0.1) is 192 Å². The van der Waals surface area contributed by atoms with E-state index in [0.717, 1.165) is 56.9 Å². The number of methoxy groups -OCH3 is 8. The number of rotatable bonds is 35. The lowest BCUT2D eigenvalue weighted by Crippen LogP contribution is -2.45. The van der Waals surface area contributed by atoms with Crippen LogP contribution in [-0.4, -0.2) is 254 Å². The standard InChI is InChI=1S/C62H74N4O28/c1-79-51(71)33-25-34(35-9-10-36(91-35)44(33)52(72)80-2)66-43(70)17-24-90-32-59(29-87-21-14-40(67)63-26-60-18-11-37(92-60)45(53(73)81-3)48(60)56(76)84-6,30-88-22-15-41(68)64-27-61-19-12-38(93-61)46(54(74)82-4)49(61)57(77)85-7)31-89-23-16-42(69)65-28-62-20-13-39(94-62)47(55(75)83-5)50(62)58(78)86-8/h9-13,18-20,34-39H,14-17,21-32H2,1-8H3,(H,63,67)(H,64,68)(H,65,69)(H,66,70). The SMILES string of the molecule is COC(=O)C1=C(C(=O)OC)C2C=CC(O2)C(NC(=O)CCOCC(COCCC(=O)NCC23C=CC(O2)C(C(=O)OC)=C3C(=O)OC)(COCCC(=O)NCC23C=CC(O2)C(C(=O)OC)=C3C(=O)OC)COCCC(=O)NCC23C=CC(O2)C(C(=O)OC)=C3C(=O)OC)C1. The van der Waals surface area contributed by atoms with Crippen molar-refractivity contribution in [3.05, 3.63) is 93.2 Å². The zero-order chi connectivity index (χ0) is 68.1. The van der Waals surface area contributed by atoms with Crippen molar-refractivity contribution >= 4 is 71.4 Å².